The fourth-order valence-electron chi connectivity index (χ4n) is 2.67. The fraction of sp³-hybridized carbons (Fsp3) is 0.105. The van der Waals surface area contributed by atoms with Gasteiger partial charge in [-0.15, -0.1) is 0 Å². The molecule has 0 aromatic heterocycles. The van der Waals surface area contributed by atoms with E-state index in [4.69, 9.17) is 27.9 Å². The molecule has 3 heteroatoms. The van der Waals surface area contributed by atoms with Gasteiger partial charge in [-0.05, 0) is 48.3 Å². The Hall–Kier alpha value is -1.70. The highest BCUT2D eigenvalue weighted by Crippen LogP contribution is 2.41. The first-order chi connectivity index (χ1) is 10.7. The highest BCUT2D eigenvalue weighted by atomic mass is 35.5. The molecule has 0 bridgehead atoms. The van der Waals surface area contributed by atoms with Crippen LogP contribution in [0.15, 0.2) is 60.4 Å². The van der Waals surface area contributed by atoms with Crippen LogP contribution in [0.4, 0.5) is 0 Å². The van der Waals surface area contributed by atoms with Crippen LogP contribution < -0.4 is 0 Å². The largest absolute Gasteiger partial charge is 0.496 e. The molecule has 0 saturated heterocycles. The highest BCUT2D eigenvalue weighted by Gasteiger charge is 2.21. The average molecular weight is 330 g/mol. The maximum Gasteiger partial charge on any atom is 0.123 e. The molecule has 0 spiro atoms. The first-order valence-corrected chi connectivity index (χ1v) is 7.79. The van der Waals surface area contributed by atoms with Crippen molar-refractivity contribution in [3.05, 3.63) is 88.0 Å². The van der Waals surface area contributed by atoms with E-state index in [1.807, 2.05) is 48.5 Å². The van der Waals surface area contributed by atoms with E-state index in [-0.39, 0.29) is 0 Å². The van der Waals surface area contributed by atoms with Gasteiger partial charge in [0.25, 0.3) is 0 Å². The maximum atomic E-state index is 6.41. The van der Waals surface area contributed by atoms with Crippen molar-refractivity contribution in [3.8, 4) is 0 Å². The molecular formula is C19H15Cl2O. The molecular weight excluding hydrogens is 315 g/mol. The number of ether oxygens (including phenoxy) is 1. The lowest BCUT2D eigenvalue weighted by Crippen LogP contribution is -2.04. The van der Waals surface area contributed by atoms with Gasteiger partial charge < -0.3 is 4.74 Å². The number of rotatable bonds is 3. The predicted octanol–water partition coefficient (Wildman–Crippen LogP) is 6.04. The molecule has 1 aliphatic rings. The van der Waals surface area contributed by atoms with Gasteiger partial charge in [-0.3, -0.25) is 0 Å². The van der Waals surface area contributed by atoms with E-state index in [0.29, 0.717) is 10.0 Å². The Morgan fingerprint density at radius 1 is 1.00 bits per heavy atom. The number of halogens is 2. The lowest BCUT2D eigenvalue weighted by molar-refractivity contribution is 0.309. The second-order valence-corrected chi connectivity index (χ2v) is 5.83. The molecule has 111 valence electrons. The molecule has 0 fully saturated rings. The van der Waals surface area contributed by atoms with Gasteiger partial charge >= 0.3 is 0 Å². The summed E-state index contributed by atoms with van der Waals surface area (Å²) in [5.41, 5.74) is 4.12. The normalized spacial score (nSPS) is 14.8. The van der Waals surface area contributed by atoms with Gasteiger partial charge in [-0.2, -0.15) is 0 Å². The Morgan fingerprint density at radius 3 is 2.55 bits per heavy atom. The molecule has 0 heterocycles. The van der Waals surface area contributed by atoms with E-state index in [9.17, 15) is 0 Å². The second-order valence-electron chi connectivity index (χ2n) is 4.99. The van der Waals surface area contributed by atoms with Crippen LogP contribution in [0.2, 0.25) is 10.0 Å². The molecule has 1 radical (unpaired) electrons. The third-order valence-corrected chi connectivity index (χ3v) is 4.20. The number of allylic oxidation sites excluding steroid dienone is 3. The maximum absolute atomic E-state index is 6.41. The van der Waals surface area contributed by atoms with Crippen molar-refractivity contribution < 1.29 is 4.74 Å². The van der Waals surface area contributed by atoms with Crippen molar-refractivity contribution in [2.45, 2.75) is 6.42 Å². The van der Waals surface area contributed by atoms with Crippen molar-refractivity contribution in [3.63, 3.8) is 0 Å². The van der Waals surface area contributed by atoms with Crippen LogP contribution in [-0.2, 0) is 4.74 Å². The van der Waals surface area contributed by atoms with Gasteiger partial charge in [0.2, 0.25) is 0 Å². The zero-order valence-electron chi connectivity index (χ0n) is 12.1. The van der Waals surface area contributed by atoms with Crippen LogP contribution in [0.3, 0.4) is 0 Å². The van der Waals surface area contributed by atoms with E-state index in [1.54, 1.807) is 7.11 Å². The third kappa shape index (κ3) is 2.92. The van der Waals surface area contributed by atoms with E-state index in [1.165, 1.54) is 0 Å². The van der Waals surface area contributed by atoms with Gasteiger partial charge in [0.05, 0.1) is 7.11 Å². The number of hydrogen-bond acceptors (Lipinski definition) is 1. The average Bonchev–Trinajstić information content (AvgIpc) is 2.55. The molecule has 22 heavy (non-hydrogen) atoms. The van der Waals surface area contributed by atoms with E-state index >= 15 is 0 Å². The van der Waals surface area contributed by atoms with E-state index in [2.05, 4.69) is 12.5 Å². The number of methoxy groups -OCH3 is 1. The number of benzene rings is 2. The summed E-state index contributed by atoms with van der Waals surface area (Å²) in [5.74, 6) is 0.838. The topological polar surface area (TPSA) is 9.23 Å². The van der Waals surface area contributed by atoms with Crippen molar-refractivity contribution >= 4 is 34.3 Å². The summed E-state index contributed by atoms with van der Waals surface area (Å²) in [6.45, 7) is 0. The lowest BCUT2D eigenvalue weighted by atomic mass is 9.86. The summed E-state index contributed by atoms with van der Waals surface area (Å²) < 4.78 is 5.59. The van der Waals surface area contributed by atoms with Crippen LogP contribution in [0.5, 0.6) is 0 Å². The SMILES string of the molecule is COC1=CC[CH]C(c2cccc(Cl)c2)=C1c1ccccc1Cl. The van der Waals surface area contributed by atoms with E-state index in [0.717, 1.165) is 34.5 Å². The summed E-state index contributed by atoms with van der Waals surface area (Å²) in [6.07, 6.45) is 5.05. The highest BCUT2D eigenvalue weighted by molar-refractivity contribution is 6.33. The van der Waals surface area contributed by atoms with Crippen molar-refractivity contribution in [2.24, 2.45) is 0 Å². The quantitative estimate of drug-likeness (QED) is 0.666. The Bertz CT molecular complexity index is 760. The number of hydrogen-bond donors (Lipinski definition) is 0. The summed E-state index contributed by atoms with van der Waals surface area (Å²) in [7, 11) is 1.68. The summed E-state index contributed by atoms with van der Waals surface area (Å²) in [4.78, 5) is 0. The molecule has 1 nitrogen and oxygen atoms in total. The van der Waals surface area contributed by atoms with Crippen LogP contribution in [-0.4, -0.2) is 7.11 Å². The molecule has 0 aliphatic heterocycles. The van der Waals surface area contributed by atoms with Gasteiger partial charge in [0, 0.05) is 21.2 Å². The summed E-state index contributed by atoms with van der Waals surface area (Å²) in [6, 6.07) is 15.6. The first-order valence-electron chi connectivity index (χ1n) is 7.03. The second kappa shape index (κ2) is 6.60. The van der Waals surface area contributed by atoms with Crippen molar-refractivity contribution in [1.29, 1.82) is 0 Å². The predicted molar refractivity (Wildman–Crippen MR) is 93.7 cm³/mol. The van der Waals surface area contributed by atoms with Gasteiger partial charge in [0.15, 0.2) is 0 Å². The third-order valence-electron chi connectivity index (χ3n) is 3.64. The molecule has 0 saturated carbocycles. The molecule has 2 aromatic rings. The molecule has 0 amide bonds. The Balaban J connectivity index is 2.25. The minimum Gasteiger partial charge on any atom is -0.496 e. The molecule has 0 unspecified atom stereocenters. The zero-order valence-corrected chi connectivity index (χ0v) is 13.7. The zero-order chi connectivity index (χ0) is 15.5. The Labute approximate surface area is 140 Å². The van der Waals surface area contributed by atoms with Crippen molar-refractivity contribution in [2.75, 3.05) is 7.11 Å². The Kier molecular flexibility index (Phi) is 4.56. The molecule has 0 N–H and O–H groups in total. The van der Waals surface area contributed by atoms with Gasteiger partial charge in [-0.1, -0.05) is 53.5 Å². The minimum atomic E-state index is 0.704. The molecule has 2 aromatic carbocycles. The summed E-state index contributed by atoms with van der Waals surface area (Å²) in [5, 5.41) is 1.42. The van der Waals surface area contributed by atoms with Crippen LogP contribution in [0.1, 0.15) is 17.5 Å². The lowest BCUT2D eigenvalue weighted by Gasteiger charge is -2.22. The standard InChI is InChI=1S/C19H15Cl2O/c1-22-18-11-5-9-15(13-6-4-7-14(20)12-13)19(18)16-8-2-3-10-17(16)21/h2-4,6-12H,5H2,1H3. The molecule has 1 aliphatic carbocycles. The minimum absolute atomic E-state index is 0.704. The Morgan fingerprint density at radius 2 is 1.82 bits per heavy atom. The van der Waals surface area contributed by atoms with Crippen LogP contribution in [0.25, 0.3) is 11.1 Å². The van der Waals surface area contributed by atoms with Crippen molar-refractivity contribution in [1.82, 2.24) is 0 Å². The van der Waals surface area contributed by atoms with Gasteiger partial charge in [0.1, 0.15) is 5.76 Å². The van der Waals surface area contributed by atoms with Gasteiger partial charge in [-0.25, -0.2) is 0 Å². The smallest absolute Gasteiger partial charge is 0.123 e. The molecule has 3 rings (SSSR count). The van der Waals surface area contributed by atoms with E-state index < -0.39 is 0 Å². The monoisotopic (exact) mass is 329 g/mol. The van der Waals surface area contributed by atoms with Crippen LogP contribution >= 0.6 is 23.2 Å². The first kappa shape index (κ1) is 15.2. The fourth-order valence-corrected chi connectivity index (χ4v) is 3.09. The summed E-state index contributed by atoms with van der Waals surface area (Å²) >= 11 is 12.6. The van der Waals surface area contributed by atoms with Crippen LogP contribution in [0, 0.1) is 6.42 Å². The molecule has 0 atom stereocenters.